The van der Waals surface area contributed by atoms with Crippen molar-refractivity contribution in [3.8, 4) is 0 Å². The normalized spacial score (nSPS) is 18.3. The Kier molecular flexibility index (Phi) is 6.06. The Hall–Kier alpha value is -2.18. The number of piperazine rings is 1. The summed E-state index contributed by atoms with van der Waals surface area (Å²) in [5, 5.41) is 14.2. The molecule has 1 aromatic carbocycles. The van der Waals surface area contributed by atoms with E-state index in [-0.39, 0.29) is 18.6 Å². The number of hydrogen-bond acceptors (Lipinski definition) is 4. The first-order valence-electron chi connectivity index (χ1n) is 9.34. The van der Waals surface area contributed by atoms with Crippen LogP contribution in [0.3, 0.4) is 0 Å². The van der Waals surface area contributed by atoms with Gasteiger partial charge in [-0.05, 0) is 18.9 Å². The van der Waals surface area contributed by atoms with Crippen molar-refractivity contribution in [1.82, 2.24) is 19.6 Å². The molecule has 0 spiro atoms. The number of aliphatic hydroxyl groups excluding tert-OH is 1. The zero-order valence-electron chi connectivity index (χ0n) is 15.6. The van der Waals surface area contributed by atoms with Crippen molar-refractivity contribution in [2.45, 2.75) is 39.4 Å². The molecule has 1 atom stereocenters. The second kappa shape index (κ2) is 8.47. The molecule has 1 aliphatic heterocycles. The van der Waals surface area contributed by atoms with Gasteiger partial charge in [0.2, 0.25) is 0 Å². The molecule has 1 saturated heterocycles. The first kappa shape index (κ1) is 18.6. The van der Waals surface area contributed by atoms with E-state index in [9.17, 15) is 9.90 Å². The van der Waals surface area contributed by atoms with Crippen LogP contribution in [0.15, 0.2) is 36.5 Å². The topological polar surface area (TPSA) is 61.6 Å². The molecule has 26 heavy (non-hydrogen) atoms. The summed E-state index contributed by atoms with van der Waals surface area (Å²) in [4.78, 5) is 17.1. The van der Waals surface area contributed by atoms with E-state index < -0.39 is 0 Å². The summed E-state index contributed by atoms with van der Waals surface area (Å²) in [7, 11) is 0. The quantitative estimate of drug-likeness (QED) is 0.859. The molecular formula is C20H28N4O2. The fraction of sp³-hybridized carbons (Fsp3) is 0.500. The van der Waals surface area contributed by atoms with E-state index in [2.05, 4.69) is 29.1 Å². The van der Waals surface area contributed by atoms with Crippen molar-refractivity contribution in [3.63, 3.8) is 0 Å². The van der Waals surface area contributed by atoms with Crippen LogP contribution in [-0.4, -0.2) is 62.9 Å². The molecule has 1 unspecified atom stereocenters. The standard InChI is InChI=1S/C20H28N4O2/c1-3-9-24-16(2)19(12-21-24)20(26)23-11-10-22(14-18(23)15-25)13-17-7-5-4-6-8-17/h4-8,12,18,25H,3,9-11,13-15H2,1-2H3. The maximum Gasteiger partial charge on any atom is 0.257 e. The van der Waals surface area contributed by atoms with E-state index in [0.717, 1.165) is 31.7 Å². The van der Waals surface area contributed by atoms with Crippen molar-refractivity contribution < 1.29 is 9.90 Å². The van der Waals surface area contributed by atoms with Crippen LogP contribution in [-0.2, 0) is 13.1 Å². The number of amides is 1. The van der Waals surface area contributed by atoms with Crippen LogP contribution in [0.4, 0.5) is 0 Å². The Bertz CT molecular complexity index is 729. The lowest BCUT2D eigenvalue weighted by molar-refractivity contribution is 0.0281. The van der Waals surface area contributed by atoms with Crippen molar-refractivity contribution in [3.05, 3.63) is 53.3 Å². The summed E-state index contributed by atoms with van der Waals surface area (Å²) in [6, 6.07) is 10.1. The molecule has 0 radical (unpaired) electrons. The van der Waals surface area contributed by atoms with Crippen molar-refractivity contribution in [2.24, 2.45) is 0 Å². The highest BCUT2D eigenvalue weighted by Crippen LogP contribution is 2.18. The molecule has 140 valence electrons. The zero-order chi connectivity index (χ0) is 18.5. The van der Waals surface area contributed by atoms with Gasteiger partial charge in [0.25, 0.3) is 5.91 Å². The molecule has 1 aromatic heterocycles. The minimum absolute atomic E-state index is 0.0248. The maximum absolute atomic E-state index is 13.0. The Morgan fingerprint density at radius 3 is 2.73 bits per heavy atom. The average Bonchev–Trinajstić information content (AvgIpc) is 3.03. The van der Waals surface area contributed by atoms with Crippen LogP contribution < -0.4 is 0 Å². The smallest absolute Gasteiger partial charge is 0.257 e. The van der Waals surface area contributed by atoms with Crippen molar-refractivity contribution >= 4 is 5.91 Å². The van der Waals surface area contributed by atoms with E-state index >= 15 is 0 Å². The lowest BCUT2D eigenvalue weighted by Crippen LogP contribution is -2.56. The molecule has 0 saturated carbocycles. The summed E-state index contributed by atoms with van der Waals surface area (Å²) >= 11 is 0. The number of carbonyl (C=O) groups excluding carboxylic acids is 1. The first-order chi connectivity index (χ1) is 12.6. The molecule has 6 heteroatoms. The molecule has 0 aliphatic carbocycles. The molecular weight excluding hydrogens is 328 g/mol. The number of aryl methyl sites for hydroxylation is 1. The third-order valence-corrected chi connectivity index (χ3v) is 5.06. The van der Waals surface area contributed by atoms with Gasteiger partial charge in [-0.1, -0.05) is 37.3 Å². The zero-order valence-corrected chi connectivity index (χ0v) is 15.6. The number of benzene rings is 1. The Morgan fingerprint density at radius 1 is 1.27 bits per heavy atom. The van der Waals surface area contributed by atoms with Crippen LogP contribution in [0.1, 0.15) is 35.0 Å². The van der Waals surface area contributed by atoms with Gasteiger partial charge in [0.15, 0.2) is 0 Å². The predicted octanol–water partition coefficient (Wildman–Crippen LogP) is 1.92. The van der Waals surface area contributed by atoms with E-state index in [0.29, 0.717) is 18.7 Å². The third-order valence-electron chi connectivity index (χ3n) is 5.06. The van der Waals surface area contributed by atoms with E-state index in [1.54, 1.807) is 6.20 Å². The highest BCUT2D eigenvalue weighted by molar-refractivity contribution is 5.95. The molecule has 0 bridgehead atoms. The van der Waals surface area contributed by atoms with Gasteiger partial charge in [0.05, 0.1) is 24.4 Å². The molecule has 3 rings (SSSR count). The fourth-order valence-corrected chi connectivity index (χ4v) is 3.58. The van der Waals surface area contributed by atoms with Crippen LogP contribution in [0.5, 0.6) is 0 Å². The van der Waals surface area contributed by atoms with Crippen molar-refractivity contribution in [2.75, 3.05) is 26.2 Å². The molecule has 2 heterocycles. The Balaban J connectivity index is 1.68. The first-order valence-corrected chi connectivity index (χ1v) is 9.34. The predicted molar refractivity (Wildman–Crippen MR) is 101 cm³/mol. The van der Waals surface area contributed by atoms with Gasteiger partial charge in [0, 0.05) is 38.4 Å². The van der Waals surface area contributed by atoms with Crippen LogP contribution >= 0.6 is 0 Å². The number of carbonyl (C=O) groups is 1. The minimum atomic E-state index is -0.186. The average molecular weight is 356 g/mol. The molecule has 1 aliphatic rings. The largest absolute Gasteiger partial charge is 0.394 e. The highest BCUT2D eigenvalue weighted by atomic mass is 16.3. The fourth-order valence-electron chi connectivity index (χ4n) is 3.58. The number of aromatic nitrogens is 2. The molecule has 1 N–H and O–H groups in total. The third kappa shape index (κ3) is 3.97. The van der Waals surface area contributed by atoms with Crippen LogP contribution in [0.2, 0.25) is 0 Å². The SMILES string of the molecule is CCCn1ncc(C(=O)N2CCN(Cc3ccccc3)CC2CO)c1C. The van der Waals surface area contributed by atoms with E-state index in [1.165, 1.54) is 5.56 Å². The highest BCUT2D eigenvalue weighted by Gasteiger charge is 2.32. The summed E-state index contributed by atoms with van der Waals surface area (Å²) in [6.07, 6.45) is 2.64. The Morgan fingerprint density at radius 2 is 2.04 bits per heavy atom. The van der Waals surface area contributed by atoms with Crippen LogP contribution in [0.25, 0.3) is 0 Å². The monoisotopic (exact) mass is 356 g/mol. The second-order valence-electron chi connectivity index (χ2n) is 6.92. The lowest BCUT2D eigenvalue weighted by atomic mass is 10.1. The summed E-state index contributed by atoms with van der Waals surface area (Å²) in [6.45, 7) is 7.76. The van der Waals surface area contributed by atoms with Gasteiger partial charge in [-0.25, -0.2) is 0 Å². The van der Waals surface area contributed by atoms with Gasteiger partial charge in [-0.3, -0.25) is 14.4 Å². The molecule has 2 aromatic rings. The van der Waals surface area contributed by atoms with Crippen LogP contribution in [0, 0.1) is 6.92 Å². The lowest BCUT2D eigenvalue weighted by Gasteiger charge is -2.40. The molecule has 1 amide bonds. The second-order valence-corrected chi connectivity index (χ2v) is 6.92. The molecule has 1 fully saturated rings. The Labute approximate surface area is 155 Å². The van der Waals surface area contributed by atoms with Gasteiger partial charge in [0.1, 0.15) is 0 Å². The maximum atomic E-state index is 13.0. The minimum Gasteiger partial charge on any atom is -0.394 e. The van der Waals surface area contributed by atoms with Crippen molar-refractivity contribution in [1.29, 1.82) is 0 Å². The number of nitrogens with zero attached hydrogens (tertiary/aromatic N) is 4. The summed E-state index contributed by atoms with van der Waals surface area (Å²) in [5.74, 6) is -0.0248. The van der Waals surface area contributed by atoms with E-state index in [4.69, 9.17) is 0 Å². The van der Waals surface area contributed by atoms with E-state index in [1.807, 2.05) is 34.7 Å². The van der Waals surface area contributed by atoms with Gasteiger partial charge in [-0.2, -0.15) is 5.10 Å². The van der Waals surface area contributed by atoms with Gasteiger partial charge >= 0.3 is 0 Å². The number of rotatable bonds is 6. The van der Waals surface area contributed by atoms with Gasteiger partial charge in [-0.15, -0.1) is 0 Å². The number of aliphatic hydroxyl groups is 1. The summed E-state index contributed by atoms with van der Waals surface area (Å²) in [5.41, 5.74) is 2.80. The summed E-state index contributed by atoms with van der Waals surface area (Å²) < 4.78 is 1.88. The molecule has 6 nitrogen and oxygen atoms in total. The number of hydrogen-bond donors (Lipinski definition) is 1. The van der Waals surface area contributed by atoms with Gasteiger partial charge < -0.3 is 10.0 Å².